The summed E-state index contributed by atoms with van der Waals surface area (Å²) in [4.78, 5) is 24.2. The summed E-state index contributed by atoms with van der Waals surface area (Å²) in [5.74, 6) is -0.720. The standard InChI is InChI=1S/C19H22N2O6S/c1-13-8-9-14(10-17(13)26-4)19(23)27-12-18(22)20-15-6-5-7-16(11-15)28(24,25)21(2)3/h5-11H,12H2,1-4H3,(H,20,22). The fourth-order valence-corrected chi connectivity index (χ4v) is 3.25. The van der Waals surface area contributed by atoms with Gasteiger partial charge in [-0.05, 0) is 42.8 Å². The van der Waals surface area contributed by atoms with Crippen molar-refractivity contribution in [1.82, 2.24) is 4.31 Å². The Hall–Kier alpha value is -2.91. The molecule has 28 heavy (non-hydrogen) atoms. The van der Waals surface area contributed by atoms with E-state index in [0.29, 0.717) is 5.75 Å². The van der Waals surface area contributed by atoms with Crippen LogP contribution in [-0.2, 0) is 19.6 Å². The lowest BCUT2D eigenvalue weighted by Gasteiger charge is -2.13. The number of sulfonamides is 1. The number of hydrogen-bond donors (Lipinski definition) is 1. The van der Waals surface area contributed by atoms with Crippen LogP contribution in [0.25, 0.3) is 0 Å². The van der Waals surface area contributed by atoms with Gasteiger partial charge in [-0.15, -0.1) is 0 Å². The molecule has 1 amide bonds. The highest BCUT2D eigenvalue weighted by molar-refractivity contribution is 7.89. The van der Waals surface area contributed by atoms with E-state index in [0.717, 1.165) is 9.87 Å². The third kappa shape index (κ3) is 5.08. The fourth-order valence-electron chi connectivity index (χ4n) is 2.30. The number of nitrogens with zero attached hydrogens (tertiary/aromatic N) is 1. The van der Waals surface area contributed by atoms with Crippen molar-refractivity contribution in [3.63, 3.8) is 0 Å². The van der Waals surface area contributed by atoms with Gasteiger partial charge in [-0.2, -0.15) is 0 Å². The van der Waals surface area contributed by atoms with E-state index in [1.165, 1.54) is 45.5 Å². The number of carbonyl (C=O) groups excluding carboxylic acids is 2. The van der Waals surface area contributed by atoms with Crippen LogP contribution >= 0.6 is 0 Å². The van der Waals surface area contributed by atoms with Crippen LogP contribution in [0.2, 0.25) is 0 Å². The van der Waals surface area contributed by atoms with E-state index in [-0.39, 0.29) is 16.1 Å². The Morgan fingerprint density at radius 1 is 1.11 bits per heavy atom. The molecular formula is C19H22N2O6S. The first kappa shape index (κ1) is 21.4. The molecule has 0 unspecified atom stereocenters. The molecule has 8 nitrogen and oxygen atoms in total. The molecule has 0 aromatic heterocycles. The van der Waals surface area contributed by atoms with E-state index in [1.54, 1.807) is 18.2 Å². The molecular weight excluding hydrogens is 384 g/mol. The van der Waals surface area contributed by atoms with Crippen molar-refractivity contribution in [2.24, 2.45) is 0 Å². The predicted molar refractivity (Wildman–Crippen MR) is 104 cm³/mol. The summed E-state index contributed by atoms with van der Waals surface area (Å²) in [6.45, 7) is 1.33. The van der Waals surface area contributed by atoms with Gasteiger partial charge in [-0.25, -0.2) is 17.5 Å². The summed E-state index contributed by atoms with van der Waals surface area (Å²) >= 11 is 0. The summed E-state index contributed by atoms with van der Waals surface area (Å²) in [6.07, 6.45) is 0. The second-order valence-corrected chi connectivity index (χ2v) is 8.28. The van der Waals surface area contributed by atoms with Crippen LogP contribution in [0.15, 0.2) is 47.4 Å². The number of ether oxygens (including phenoxy) is 2. The molecule has 0 bridgehead atoms. The Morgan fingerprint density at radius 2 is 1.82 bits per heavy atom. The first-order valence-corrected chi connectivity index (χ1v) is 9.73. The SMILES string of the molecule is COc1cc(C(=O)OCC(=O)Nc2cccc(S(=O)(=O)N(C)C)c2)ccc1C. The minimum Gasteiger partial charge on any atom is -0.496 e. The van der Waals surface area contributed by atoms with Crippen LogP contribution in [0, 0.1) is 6.92 Å². The van der Waals surface area contributed by atoms with E-state index in [9.17, 15) is 18.0 Å². The van der Waals surface area contributed by atoms with E-state index in [1.807, 2.05) is 6.92 Å². The summed E-state index contributed by atoms with van der Waals surface area (Å²) in [5.41, 5.74) is 1.40. The topological polar surface area (TPSA) is 102 Å². The number of carbonyl (C=O) groups is 2. The molecule has 0 saturated carbocycles. The molecule has 0 spiro atoms. The largest absolute Gasteiger partial charge is 0.496 e. The molecule has 0 atom stereocenters. The maximum atomic E-state index is 12.2. The average molecular weight is 406 g/mol. The molecule has 1 N–H and O–H groups in total. The van der Waals surface area contributed by atoms with Crippen molar-refractivity contribution >= 4 is 27.6 Å². The third-order valence-corrected chi connectivity index (χ3v) is 5.69. The Labute approximate surface area is 164 Å². The van der Waals surface area contributed by atoms with E-state index in [4.69, 9.17) is 9.47 Å². The van der Waals surface area contributed by atoms with Gasteiger partial charge in [0.05, 0.1) is 17.6 Å². The molecule has 0 saturated heterocycles. The number of hydrogen-bond acceptors (Lipinski definition) is 6. The highest BCUT2D eigenvalue weighted by Crippen LogP contribution is 2.20. The summed E-state index contributed by atoms with van der Waals surface area (Å²) in [5, 5.41) is 2.51. The lowest BCUT2D eigenvalue weighted by molar-refractivity contribution is -0.119. The third-order valence-electron chi connectivity index (χ3n) is 3.87. The number of nitrogens with one attached hydrogen (secondary N) is 1. The van der Waals surface area contributed by atoms with Crippen molar-refractivity contribution in [2.75, 3.05) is 33.1 Å². The number of amides is 1. The molecule has 2 rings (SSSR count). The number of rotatable bonds is 7. The Kier molecular flexibility index (Phi) is 6.76. The molecule has 0 fully saturated rings. The maximum absolute atomic E-state index is 12.2. The zero-order valence-electron chi connectivity index (χ0n) is 16.1. The van der Waals surface area contributed by atoms with Gasteiger partial charge in [-0.3, -0.25) is 4.79 Å². The molecule has 0 radical (unpaired) electrons. The second-order valence-electron chi connectivity index (χ2n) is 6.12. The summed E-state index contributed by atoms with van der Waals surface area (Å²) in [7, 11) is 0.707. The molecule has 0 aliphatic heterocycles. The molecule has 150 valence electrons. The first-order chi connectivity index (χ1) is 13.1. The van der Waals surface area contributed by atoms with Crippen LogP contribution in [0.3, 0.4) is 0 Å². The van der Waals surface area contributed by atoms with Gasteiger partial charge in [0.2, 0.25) is 10.0 Å². The lowest BCUT2D eigenvalue weighted by atomic mass is 10.1. The maximum Gasteiger partial charge on any atom is 0.338 e. The normalized spacial score (nSPS) is 11.2. The van der Waals surface area contributed by atoms with Gasteiger partial charge in [0, 0.05) is 19.8 Å². The zero-order valence-corrected chi connectivity index (χ0v) is 16.9. The first-order valence-electron chi connectivity index (χ1n) is 8.29. The summed E-state index contributed by atoms with van der Waals surface area (Å²) < 4.78 is 35.5. The van der Waals surface area contributed by atoms with E-state index >= 15 is 0 Å². The lowest BCUT2D eigenvalue weighted by Crippen LogP contribution is -2.23. The van der Waals surface area contributed by atoms with Gasteiger partial charge in [0.1, 0.15) is 5.75 Å². The fraction of sp³-hybridized carbons (Fsp3) is 0.263. The Bertz CT molecular complexity index is 986. The second kappa shape index (κ2) is 8.85. The number of esters is 1. The smallest absolute Gasteiger partial charge is 0.338 e. The Balaban J connectivity index is 2.00. The van der Waals surface area contributed by atoms with Gasteiger partial charge < -0.3 is 14.8 Å². The molecule has 2 aromatic rings. The average Bonchev–Trinajstić information content (AvgIpc) is 2.66. The highest BCUT2D eigenvalue weighted by Gasteiger charge is 2.18. The van der Waals surface area contributed by atoms with Crippen LogP contribution in [0.4, 0.5) is 5.69 Å². The molecule has 9 heteroatoms. The predicted octanol–water partition coefficient (Wildman–Crippen LogP) is 2.05. The zero-order chi connectivity index (χ0) is 20.9. The number of anilines is 1. The van der Waals surface area contributed by atoms with Crippen LogP contribution in [0.5, 0.6) is 5.75 Å². The van der Waals surface area contributed by atoms with Gasteiger partial charge >= 0.3 is 5.97 Å². The van der Waals surface area contributed by atoms with Crippen molar-refractivity contribution in [1.29, 1.82) is 0 Å². The van der Waals surface area contributed by atoms with Crippen molar-refractivity contribution in [3.05, 3.63) is 53.6 Å². The van der Waals surface area contributed by atoms with Gasteiger partial charge in [0.25, 0.3) is 5.91 Å². The van der Waals surface area contributed by atoms with Crippen molar-refractivity contribution < 1.29 is 27.5 Å². The molecule has 0 aliphatic carbocycles. The minimum atomic E-state index is -3.62. The van der Waals surface area contributed by atoms with E-state index in [2.05, 4.69) is 5.32 Å². The quantitative estimate of drug-likeness (QED) is 0.706. The van der Waals surface area contributed by atoms with Gasteiger partial charge in [-0.1, -0.05) is 12.1 Å². The van der Waals surface area contributed by atoms with Crippen molar-refractivity contribution in [3.8, 4) is 5.75 Å². The van der Waals surface area contributed by atoms with Gasteiger partial charge in [0.15, 0.2) is 6.61 Å². The molecule has 0 heterocycles. The van der Waals surface area contributed by atoms with E-state index < -0.39 is 28.5 Å². The molecule has 2 aromatic carbocycles. The number of aryl methyl sites for hydroxylation is 1. The van der Waals surface area contributed by atoms with Crippen LogP contribution < -0.4 is 10.1 Å². The summed E-state index contributed by atoms with van der Waals surface area (Å²) in [6, 6.07) is 10.6. The highest BCUT2D eigenvalue weighted by atomic mass is 32.2. The van der Waals surface area contributed by atoms with Crippen LogP contribution in [-0.4, -0.2) is 52.4 Å². The molecule has 0 aliphatic rings. The van der Waals surface area contributed by atoms with Crippen molar-refractivity contribution in [2.45, 2.75) is 11.8 Å². The number of methoxy groups -OCH3 is 1. The number of benzene rings is 2. The minimum absolute atomic E-state index is 0.0408. The Morgan fingerprint density at radius 3 is 2.46 bits per heavy atom. The monoisotopic (exact) mass is 406 g/mol. The van der Waals surface area contributed by atoms with Crippen LogP contribution in [0.1, 0.15) is 15.9 Å².